The highest BCUT2D eigenvalue weighted by Gasteiger charge is 2.47. The van der Waals surface area contributed by atoms with Crippen LogP contribution in [0.2, 0.25) is 19.1 Å². The minimum atomic E-state index is -1.73. The number of aliphatic imine (C=N–C) groups is 1. The van der Waals surface area contributed by atoms with Gasteiger partial charge in [0.15, 0.2) is 5.60 Å². The zero-order valence-corrected chi connectivity index (χ0v) is 24.7. The Labute approximate surface area is 232 Å². The molecular weight excluding hydrogens is 535 g/mol. The Morgan fingerprint density at radius 1 is 1.34 bits per heavy atom. The minimum Gasteiger partial charge on any atom is -0.505 e. The van der Waals surface area contributed by atoms with Crippen molar-refractivity contribution in [3.63, 3.8) is 0 Å². The fourth-order valence-electron chi connectivity index (χ4n) is 5.99. The van der Waals surface area contributed by atoms with E-state index in [1.807, 2.05) is 11.8 Å². The van der Waals surface area contributed by atoms with E-state index in [0.29, 0.717) is 35.2 Å². The molecule has 0 fully saturated rings. The van der Waals surface area contributed by atoms with Gasteiger partial charge in [0.05, 0.1) is 25.4 Å². The van der Waals surface area contributed by atoms with E-state index < -0.39 is 19.6 Å². The van der Waals surface area contributed by atoms with Crippen molar-refractivity contribution in [1.82, 2.24) is 9.55 Å². The standard InChI is InChI=1S/C28H33N3O4S2Si/c1-4-28(34)20-13-21-23(24(32)19(20)15-35-27(28)33)31-14-18-16(6-5-7-17(18)12-22(31)30-21)8-11-38(2,3)26(36)25-29-9-10-37-25/h5-7,12,26,32,34,36H,4,8-11,13-15H2,1-3H3/t26?,28-/m0/s1. The maximum Gasteiger partial charge on any atom is 0.342 e. The van der Waals surface area contributed by atoms with Crippen LogP contribution in [0.25, 0.3) is 11.8 Å². The monoisotopic (exact) mass is 567 g/mol. The van der Waals surface area contributed by atoms with Crippen molar-refractivity contribution in [2.75, 3.05) is 18.9 Å². The Hall–Kier alpha value is -2.27. The summed E-state index contributed by atoms with van der Waals surface area (Å²) in [6.45, 7) is 8.04. The maximum absolute atomic E-state index is 12.4. The van der Waals surface area contributed by atoms with Gasteiger partial charge in [-0.05, 0) is 41.2 Å². The van der Waals surface area contributed by atoms with Crippen LogP contribution < -0.4 is 10.8 Å². The second kappa shape index (κ2) is 9.43. The van der Waals surface area contributed by atoms with E-state index in [1.165, 1.54) is 16.2 Å². The Morgan fingerprint density at radius 2 is 2.16 bits per heavy atom. The minimum absolute atomic E-state index is 0.0397. The van der Waals surface area contributed by atoms with Crippen molar-refractivity contribution in [2.24, 2.45) is 4.99 Å². The first-order valence-corrected chi connectivity index (χ1v) is 18.0. The molecule has 1 unspecified atom stereocenters. The number of aryl methyl sites for hydroxylation is 1. The van der Waals surface area contributed by atoms with Gasteiger partial charge in [0, 0.05) is 29.2 Å². The van der Waals surface area contributed by atoms with Crippen molar-refractivity contribution in [1.29, 1.82) is 0 Å². The number of thioether (sulfide) groups is 1. The van der Waals surface area contributed by atoms with Gasteiger partial charge in [-0.25, -0.2) is 9.78 Å². The van der Waals surface area contributed by atoms with E-state index in [2.05, 4.69) is 41.9 Å². The topological polar surface area (TPSA) is 96.9 Å². The van der Waals surface area contributed by atoms with Crippen molar-refractivity contribution in [3.8, 4) is 0 Å². The molecule has 2 aromatic rings. The predicted octanol–water partition coefficient (Wildman–Crippen LogP) is 2.52. The number of fused-ring (bicyclic) bond motifs is 4. The molecule has 2 atom stereocenters. The third-order valence-electron chi connectivity index (χ3n) is 8.52. The van der Waals surface area contributed by atoms with Crippen molar-refractivity contribution < 1.29 is 19.7 Å². The lowest BCUT2D eigenvalue weighted by Gasteiger charge is -2.35. The molecule has 0 radical (unpaired) electrons. The second-order valence-electron chi connectivity index (χ2n) is 11.2. The van der Waals surface area contributed by atoms with E-state index in [-0.39, 0.29) is 23.7 Å². The van der Waals surface area contributed by atoms with Crippen LogP contribution in [0.15, 0.2) is 34.3 Å². The van der Waals surface area contributed by atoms with Gasteiger partial charge in [0.1, 0.15) is 23.2 Å². The normalized spacial score (nSPS) is 23.1. The van der Waals surface area contributed by atoms with Gasteiger partial charge >= 0.3 is 5.97 Å². The van der Waals surface area contributed by atoms with Crippen LogP contribution in [-0.4, -0.2) is 68.2 Å². The highest BCUT2D eigenvalue weighted by atomic mass is 32.2. The number of hydrogen-bond acceptors (Lipinski definition) is 8. The van der Waals surface area contributed by atoms with Gasteiger partial charge in [0.2, 0.25) is 0 Å². The number of imidazole rings is 1. The first kappa shape index (κ1) is 26.0. The molecule has 7 nitrogen and oxygen atoms in total. The fourth-order valence-corrected chi connectivity index (χ4v) is 10.6. The molecule has 10 heteroatoms. The first-order valence-electron chi connectivity index (χ1n) is 13.2. The number of cyclic esters (lactones) is 1. The number of carbonyl (C=O) groups excluding carboxylic acids is 1. The molecule has 200 valence electrons. The summed E-state index contributed by atoms with van der Waals surface area (Å²) in [5.74, 6) is 0.463. The molecular formula is C28H33N3O4S2Si. The average Bonchev–Trinajstić information content (AvgIpc) is 3.56. The number of hydrogen-bond donors (Lipinski definition) is 3. The maximum atomic E-state index is 12.4. The van der Waals surface area contributed by atoms with Crippen molar-refractivity contribution in [2.45, 2.75) is 62.3 Å². The van der Waals surface area contributed by atoms with Gasteiger partial charge in [-0.2, -0.15) is 12.6 Å². The van der Waals surface area contributed by atoms with E-state index in [4.69, 9.17) is 27.3 Å². The number of esters is 1. The van der Waals surface area contributed by atoms with Crippen LogP contribution in [0.4, 0.5) is 0 Å². The lowest BCUT2D eigenvalue weighted by atomic mass is 9.80. The average molecular weight is 568 g/mol. The van der Waals surface area contributed by atoms with Crippen LogP contribution in [0.1, 0.15) is 35.7 Å². The summed E-state index contributed by atoms with van der Waals surface area (Å²) in [6, 6.07) is 7.56. The van der Waals surface area contributed by atoms with Crippen LogP contribution in [-0.2, 0) is 28.9 Å². The molecule has 38 heavy (non-hydrogen) atoms. The number of thiol groups is 1. The van der Waals surface area contributed by atoms with Crippen molar-refractivity contribution >= 4 is 55.3 Å². The van der Waals surface area contributed by atoms with Gasteiger partial charge in [-0.1, -0.05) is 44.3 Å². The van der Waals surface area contributed by atoms with Crippen LogP contribution >= 0.6 is 24.4 Å². The van der Waals surface area contributed by atoms with E-state index >= 15 is 0 Å². The Balaban J connectivity index is 1.34. The van der Waals surface area contributed by atoms with Gasteiger partial charge in [-0.3, -0.25) is 4.99 Å². The first-order chi connectivity index (χ1) is 18.1. The molecule has 0 saturated heterocycles. The summed E-state index contributed by atoms with van der Waals surface area (Å²) in [4.78, 5) is 22.2. The molecule has 0 spiro atoms. The number of aliphatic hydroxyl groups excluding tert-OH is 1. The summed E-state index contributed by atoms with van der Waals surface area (Å²) >= 11 is 6.87. The SMILES string of the molecule is CC[C@@]1(O)C(=O)OCC2=C1Cc1nc3n(c1=C2O)Cc1c(cccc1CC[Si](C)(C)C(S)C1=NCCS1)C=3. The largest absolute Gasteiger partial charge is 0.505 e. The summed E-state index contributed by atoms with van der Waals surface area (Å²) in [6.07, 6.45) is 3.55. The molecule has 4 heterocycles. The van der Waals surface area contributed by atoms with Crippen molar-refractivity contribution in [3.05, 3.63) is 62.6 Å². The molecule has 1 aromatic heterocycles. The predicted molar refractivity (Wildman–Crippen MR) is 157 cm³/mol. The van der Waals surface area contributed by atoms with Crippen LogP contribution in [0.3, 0.4) is 0 Å². The van der Waals surface area contributed by atoms with Gasteiger partial charge in [-0.15, -0.1) is 11.8 Å². The van der Waals surface area contributed by atoms with E-state index in [0.717, 1.165) is 35.8 Å². The molecule has 3 aliphatic heterocycles. The van der Waals surface area contributed by atoms with E-state index in [1.54, 1.807) is 6.92 Å². The number of nitrogens with zero attached hydrogens (tertiary/aromatic N) is 3. The number of carbonyl (C=O) groups is 1. The summed E-state index contributed by atoms with van der Waals surface area (Å²) in [7, 11) is -1.67. The molecule has 0 saturated carbocycles. The fraction of sp³-hybridized carbons (Fsp3) is 0.464. The number of benzene rings is 1. The molecule has 1 aromatic carbocycles. The Morgan fingerprint density at radius 3 is 2.89 bits per heavy atom. The molecule has 6 rings (SSSR count). The number of ether oxygens (including phenoxy) is 1. The Kier molecular flexibility index (Phi) is 6.45. The summed E-state index contributed by atoms with van der Waals surface area (Å²) in [5, 5.41) is 24.3. The number of aromatic nitrogens is 2. The molecule has 0 bridgehead atoms. The van der Waals surface area contributed by atoms with Gasteiger partial charge in [0.25, 0.3) is 0 Å². The molecule has 0 amide bonds. The smallest absolute Gasteiger partial charge is 0.342 e. The summed E-state index contributed by atoms with van der Waals surface area (Å²) in [5.41, 5.74) is 4.46. The lowest BCUT2D eigenvalue weighted by molar-refractivity contribution is -0.163. The van der Waals surface area contributed by atoms with E-state index in [9.17, 15) is 15.0 Å². The second-order valence-corrected chi connectivity index (χ2v) is 18.4. The third kappa shape index (κ3) is 4.03. The van der Waals surface area contributed by atoms with Gasteiger partial charge < -0.3 is 19.5 Å². The molecule has 1 aliphatic carbocycles. The summed E-state index contributed by atoms with van der Waals surface area (Å²) < 4.78 is 7.34. The van der Waals surface area contributed by atoms with Crippen LogP contribution in [0, 0.1) is 0 Å². The molecule has 2 N–H and O–H groups in total. The number of rotatable bonds is 6. The highest BCUT2D eigenvalue weighted by molar-refractivity contribution is 8.15. The highest BCUT2D eigenvalue weighted by Crippen LogP contribution is 2.36. The quantitative estimate of drug-likeness (QED) is 0.241. The number of aliphatic hydroxyl groups is 2. The zero-order valence-electron chi connectivity index (χ0n) is 22.0. The zero-order chi connectivity index (χ0) is 26.8. The third-order valence-corrected chi connectivity index (χ3v) is 15.6. The Bertz CT molecular complexity index is 1540. The van der Waals surface area contributed by atoms with Crippen LogP contribution in [0.5, 0.6) is 0 Å². The molecule has 4 aliphatic rings. The lowest BCUT2D eigenvalue weighted by Crippen LogP contribution is -2.49.